The van der Waals surface area contributed by atoms with Gasteiger partial charge in [0.2, 0.25) is 0 Å². The molecular formula is C10H19N3. The third-order valence-corrected chi connectivity index (χ3v) is 2.08. The van der Waals surface area contributed by atoms with Crippen LogP contribution < -0.4 is 0 Å². The quantitative estimate of drug-likeness (QED) is 0.622. The molecule has 0 saturated carbocycles. The summed E-state index contributed by atoms with van der Waals surface area (Å²) in [6.45, 7) is 2.30. The summed E-state index contributed by atoms with van der Waals surface area (Å²) in [6, 6.07) is 0. The number of aryl methyl sites for hydroxylation is 1. The van der Waals surface area contributed by atoms with E-state index in [2.05, 4.69) is 28.5 Å². The van der Waals surface area contributed by atoms with Crippen LogP contribution in [0.15, 0.2) is 18.7 Å². The second kappa shape index (κ2) is 5.75. The summed E-state index contributed by atoms with van der Waals surface area (Å²) in [4.78, 5) is 6.24. The van der Waals surface area contributed by atoms with E-state index >= 15 is 0 Å². The van der Waals surface area contributed by atoms with Gasteiger partial charge in [0, 0.05) is 18.9 Å². The zero-order valence-electron chi connectivity index (χ0n) is 8.61. The minimum absolute atomic E-state index is 1.10. The number of hydrogen-bond donors (Lipinski definition) is 0. The van der Waals surface area contributed by atoms with E-state index in [0.29, 0.717) is 0 Å². The Labute approximate surface area is 80.4 Å². The van der Waals surface area contributed by atoms with Crippen LogP contribution in [0.3, 0.4) is 0 Å². The second-order valence-corrected chi connectivity index (χ2v) is 3.66. The van der Waals surface area contributed by atoms with Crippen LogP contribution in [-0.2, 0) is 6.54 Å². The van der Waals surface area contributed by atoms with Gasteiger partial charge in [-0.15, -0.1) is 0 Å². The molecule has 0 atom stereocenters. The van der Waals surface area contributed by atoms with Crippen LogP contribution in [-0.4, -0.2) is 35.1 Å². The van der Waals surface area contributed by atoms with Gasteiger partial charge in [-0.3, -0.25) is 0 Å². The van der Waals surface area contributed by atoms with Crippen molar-refractivity contribution < 1.29 is 0 Å². The van der Waals surface area contributed by atoms with Crippen LogP contribution in [0.2, 0.25) is 0 Å². The molecule has 74 valence electrons. The molecule has 3 nitrogen and oxygen atoms in total. The summed E-state index contributed by atoms with van der Waals surface area (Å²) in [6.07, 6.45) is 9.58. The smallest absolute Gasteiger partial charge is 0.0945 e. The van der Waals surface area contributed by atoms with E-state index in [4.69, 9.17) is 0 Å². The van der Waals surface area contributed by atoms with Crippen molar-refractivity contribution in [1.82, 2.24) is 14.5 Å². The van der Waals surface area contributed by atoms with Crippen molar-refractivity contribution in [2.24, 2.45) is 0 Å². The van der Waals surface area contributed by atoms with E-state index in [1.54, 1.807) is 0 Å². The molecule has 0 radical (unpaired) electrons. The number of hydrogen-bond acceptors (Lipinski definition) is 2. The van der Waals surface area contributed by atoms with Crippen molar-refractivity contribution in [3.63, 3.8) is 0 Å². The summed E-state index contributed by atoms with van der Waals surface area (Å²) in [5, 5.41) is 0. The highest BCUT2D eigenvalue weighted by Gasteiger charge is 1.92. The van der Waals surface area contributed by atoms with Crippen LogP contribution in [0.25, 0.3) is 0 Å². The predicted octanol–water partition coefficient (Wildman–Crippen LogP) is 1.61. The molecule has 0 bridgehead atoms. The average Bonchev–Trinajstić information content (AvgIpc) is 2.55. The fourth-order valence-electron chi connectivity index (χ4n) is 1.32. The summed E-state index contributed by atoms with van der Waals surface area (Å²) in [7, 11) is 4.24. The summed E-state index contributed by atoms with van der Waals surface area (Å²) < 4.78 is 2.13. The summed E-state index contributed by atoms with van der Waals surface area (Å²) in [5.74, 6) is 0. The van der Waals surface area contributed by atoms with E-state index in [-0.39, 0.29) is 0 Å². The lowest BCUT2D eigenvalue weighted by atomic mass is 10.2. The molecule has 1 aromatic rings. The van der Waals surface area contributed by atoms with Crippen molar-refractivity contribution in [3.8, 4) is 0 Å². The predicted molar refractivity (Wildman–Crippen MR) is 54.6 cm³/mol. The SMILES string of the molecule is CN(C)CCCCCn1ccnc1. The molecule has 0 spiro atoms. The lowest BCUT2D eigenvalue weighted by Gasteiger charge is -2.08. The first-order valence-corrected chi connectivity index (χ1v) is 4.89. The van der Waals surface area contributed by atoms with Gasteiger partial charge in [0.1, 0.15) is 0 Å². The fourth-order valence-corrected chi connectivity index (χ4v) is 1.32. The van der Waals surface area contributed by atoms with Crippen molar-refractivity contribution in [2.45, 2.75) is 25.8 Å². The van der Waals surface area contributed by atoms with Crippen LogP contribution in [0.5, 0.6) is 0 Å². The van der Waals surface area contributed by atoms with Crippen LogP contribution >= 0.6 is 0 Å². The molecule has 0 N–H and O–H groups in total. The molecule has 1 rings (SSSR count). The molecule has 1 aromatic heterocycles. The van der Waals surface area contributed by atoms with Gasteiger partial charge >= 0.3 is 0 Å². The highest BCUT2D eigenvalue weighted by atomic mass is 15.0. The molecule has 1 heterocycles. The normalized spacial score (nSPS) is 11.0. The number of unbranched alkanes of at least 4 members (excludes halogenated alkanes) is 2. The number of aromatic nitrogens is 2. The van der Waals surface area contributed by atoms with Gasteiger partial charge in [-0.2, -0.15) is 0 Å². The van der Waals surface area contributed by atoms with Crippen molar-refractivity contribution in [3.05, 3.63) is 18.7 Å². The van der Waals surface area contributed by atoms with Gasteiger partial charge < -0.3 is 9.47 Å². The zero-order valence-corrected chi connectivity index (χ0v) is 8.61. The first-order chi connectivity index (χ1) is 6.29. The van der Waals surface area contributed by atoms with E-state index in [1.807, 2.05) is 18.7 Å². The van der Waals surface area contributed by atoms with Gasteiger partial charge in [0.25, 0.3) is 0 Å². The highest BCUT2D eigenvalue weighted by Crippen LogP contribution is 1.99. The maximum atomic E-state index is 4.00. The van der Waals surface area contributed by atoms with Gasteiger partial charge in [-0.1, -0.05) is 6.42 Å². The number of imidazole rings is 1. The topological polar surface area (TPSA) is 21.1 Å². The summed E-state index contributed by atoms with van der Waals surface area (Å²) in [5.41, 5.74) is 0. The van der Waals surface area contributed by atoms with Crippen molar-refractivity contribution in [1.29, 1.82) is 0 Å². The monoisotopic (exact) mass is 181 g/mol. The van der Waals surface area contributed by atoms with E-state index in [9.17, 15) is 0 Å². The van der Waals surface area contributed by atoms with Gasteiger partial charge in [0.05, 0.1) is 6.33 Å². The Morgan fingerprint density at radius 2 is 2.08 bits per heavy atom. The lowest BCUT2D eigenvalue weighted by Crippen LogP contribution is -2.12. The molecule has 0 aliphatic carbocycles. The van der Waals surface area contributed by atoms with E-state index in [1.165, 1.54) is 25.8 Å². The third kappa shape index (κ3) is 4.68. The maximum absolute atomic E-state index is 4.00. The minimum Gasteiger partial charge on any atom is -0.337 e. The second-order valence-electron chi connectivity index (χ2n) is 3.66. The largest absolute Gasteiger partial charge is 0.337 e. The Bertz CT molecular complexity index is 204. The highest BCUT2D eigenvalue weighted by molar-refractivity contribution is 4.73. The van der Waals surface area contributed by atoms with Gasteiger partial charge in [-0.25, -0.2) is 4.98 Å². The molecule has 13 heavy (non-hydrogen) atoms. The Hall–Kier alpha value is -0.830. The standard InChI is InChI=1S/C10H19N3/c1-12(2)7-4-3-5-8-13-9-6-11-10-13/h6,9-10H,3-5,7-8H2,1-2H3. The Balaban J connectivity index is 1.96. The number of nitrogens with zero attached hydrogens (tertiary/aromatic N) is 3. The molecule has 0 aliphatic heterocycles. The Morgan fingerprint density at radius 1 is 1.23 bits per heavy atom. The third-order valence-electron chi connectivity index (χ3n) is 2.08. The first kappa shape index (κ1) is 10.3. The lowest BCUT2D eigenvalue weighted by molar-refractivity contribution is 0.388. The fraction of sp³-hybridized carbons (Fsp3) is 0.700. The molecule has 0 unspecified atom stereocenters. The Kier molecular flexibility index (Phi) is 4.54. The Morgan fingerprint density at radius 3 is 2.69 bits per heavy atom. The molecular weight excluding hydrogens is 162 g/mol. The molecule has 0 saturated heterocycles. The first-order valence-electron chi connectivity index (χ1n) is 4.89. The average molecular weight is 181 g/mol. The zero-order chi connectivity index (χ0) is 9.52. The van der Waals surface area contributed by atoms with Gasteiger partial charge in [0.15, 0.2) is 0 Å². The number of rotatable bonds is 6. The van der Waals surface area contributed by atoms with Crippen LogP contribution in [0.4, 0.5) is 0 Å². The summed E-state index contributed by atoms with van der Waals surface area (Å²) >= 11 is 0. The van der Waals surface area contributed by atoms with Gasteiger partial charge in [-0.05, 0) is 33.5 Å². The van der Waals surface area contributed by atoms with Crippen molar-refractivity contribution in [2.75, 3.05) is 20.6 Å². The van der Waals surface area contributed by atoms with Crippen molar-refractivity contribution >= 4 is 0 Å². The van der Waals surface area contributed by atoms with E-state index < -0.39 is 0 Å². The molecule has 0 aromatic carbocycles. The molecule has 0 fully saturated rings. The minimum atomic E-state index is 1.10. The van der Waals surface area contributed by atoms with E-state index in [0.717, 1.165) is 6.54 Å². The molecule has 3 heteroatoms. The van der Waals surface area contributed by atoms with Crippen LogP contribution in [0, 0.1) is 0 Å². The maximum Gasteiger partial charge on any atom is 0.0945 e. The molecule has 0 aliphatic rings. The van der Waals surface area contributed by atoms with Crippen LogP contribution in [0.1, 0.15) is 19.3 Å². The molecule has 0 amide bonds.